The Morgan fingerprint density at radius 2 is 2.00 bits per heavy atom. The van der Waals surface area contributed by atoms with Crippen LogP contribution in [0.2, 0.25) is 6.04 Å². The Labute approximate surface area is 161 Å². The molecule has 0 bridgehead atoms. The molecular formula is C19H25N3O4Si. The molecule has 0 radical (unpaired) electrons. The van der Waals surface area contributed by atoms with Crippen LogP contribution in [0.1, 0.15) is 41.0 Å². The molecule has 144 valence electrons. The van der Waals surface area contributed by atoms with Gasteiger partial charge in [-0.1, -0.05) is 18.2 Å². The molecule has 1 unspecified atom stereocenters. The second-order valence-electron chi connectivity index (χ2n) is 6.13. The van der Waals surface area contributed by atoms with Crippen LogP contribution in [0.5, 0.6) is 0 Å². The van der Waals surface area contributed by atoms with Gasteiger partial charge in [-0.3, -0.25) is 14.6 Å². The third-order valence-electron chi connectivity index (χ3n) is 4.32. The van der Waals surface area contributed by atoms with E-state index in [0.717, 1.165) is 12.5 Å². The molecule has 0 saturated heterocycles. The maximum absolute atomic E-state index is 12.7. The van der Waals surface area contributed by atoms with Crippen LogP contribution in [-0.2, 0) is 9.47 Å². The zero-order valence-electron chi connectivity index (χ0n) is 15.7. The van der Waals surface area contributed by atoms with Gasteiger partial charge in [0, 0.05) is 31.0 Å². The molecule has 2 N–H and O–H groups in total. The van der Waals surface area contributed by atoms with Crippen LogP contribution in [0.4, 0.5) is 5.69 Å². The first-order valence-corrected chi connectivity index (χ1v) is 11.0. The summed E-state index contributed by atoms with van der Waals surface area (Å²) in [6, 6.07) is 7.57. The molecule has 1 aromatic rings. The summed E-state index contributed by atoms with van der Waals surface area (Å²) < 4.78 is 11.1. The van der Waals surface area contributed by atoms with E-state index in [1.165, 1.54) is 0 Å². The Morgan fingerprint density at radius 1 is 1.30 bits per heavy atom. The Morgan fingerprint density at radius 3 is 2.63 bits per heavy atom. The number of hydrogen-bond acceptors (Lipinski definition) is 7. The average molecular weight is 388 g/mol. The lowest BCUT2D eigenvalue weighted by atomic mass is 9.80. The highest BCUT2D eigenvalue weighted by Crippen LogP contribution is 2.28. The van der Waals surface area contributed by atoms with Gasteiger partial charge in [-0.15, -0.1) is 0 Å². The zero-order chi connectivity index (χ0) is 19.8. The topological polar surface area (TPSA) is 115 Å². The molecule has 0 spiro atoms. The van der Waals surface area contributed by atoms with Crippen molar-refractivity contribution >= 4 is 32.5 Å². The number of aliphatic imine (C=N–C) groups is 1. The fraction of sp³-hybridized carbons (Fsp3) is 0.474. The molecule has 0 amide bonds. The number of carbonyl (C=O) groups is 2. The number of ether oxygens (including phenoxy) is 2. The van der Waals surface area contributed by atoms with Crippen LogP contribution in [0.25, 0.3) is 0 Å². The van der Waals surface area contributed by atoms with Crippen LogP contribution in [-0.4, -0.2) is 52.5 Å². The minimum Gasteiger partial charge on any atom is -0.398 e. The summed E-state index contributed by atoms with van der Waals surface area (Å²) in [6.45, 7) is 5.49. The summed E-state index contributed by atoms with van der Waals surface area (Å²) in [4.78, 5) is 29.6. The summed E-state index contributed by atoms with van der Waals surface area (Å²) in [5.74, 6) is -2.13. The van der Waals surface area contributed by atoms with Crippen molar-refractivity contribution < 1.29 is 19.1 Å². The minimum atomic E-state index is -1.19. The second kappa shape index (κ2) is 10.1. The van der Waals surface area contributed by atoms with Crippen LogP contribution in [0, 0.1) is 17.2 Å². The highest BCUT2D eigenvalue weighted by atomic mass is 28.2. The van der Waals surface area contributed by atoms with Crippen molar-refractivity contribution in [2.75, 3.05) is 25.5 Å². The van der Waals surface area contributed by atoms with Crippen molar-refractivity contribution in [2.24, 2.45) is 10.9 Å². The van der Waals surface area contributed by atoms with Gasteiger partial charge < -0.3 is 15.2 Å². The molecule has 2 rings (SSSR count). The summed E-state index contributed by atoms with van der Waals surface area (Å²) in [7, 11) is -0.587. The normalized spacial score (nSPS) is 18.4. The Balaban J connectivity index is 2.05. The van der Waals surface area contributed by atoms with Gasteiger partial charge in [-0.2, -0.15) is 5.26 Å². The summed E-state index contributed by atoms with van der Waals surface area (Å²) in [6.07, 6.45) is 0.760. The lowest BCUT2D eigenvalue weighted by molar-refractivity contribution is -0.0827. The van der Waals surface area contributed by atoms with Crippen molar-refractivity contribution in [3.8, 4) is 6.07 Å². The molecule has 1 aromatic carbocycles. The third-order valence-corrected chi connectivity index (χ3v) is 6.17. The molecule has 0 saturated carbocycles. The molecule has 8 heteroatoms. The number of fused-ring (bicyclic) bond motifs is 1. The van der Waals surface area contributed by atoms with E-state index in [-0.39, 0.29) is 34.2 Å². The van der Waals surface area contributed by atoms with Gasteiger partial charge in [0.1, 0.15) is 11.6 Å². The number of carbonyl (C=O) groups excluding carboxylic acids is 2. The maximum atomic E-state index is 12.7. The van der Waals surface area contributed by atoms with E-state index >= 15 is 0 Å². The van der Waals surface area contributed by atoms with E-state index in [1.54, 1.807) is 18.2 Å². The van der Waals surface area contributed by atoms with E-state index in [9.17, 15) is 14.9 Å². The van der Waals surface area contributed by atoms with Crippen LogP contribution in [0.15, 0.2) is 23.2 Å². The predicted molar refractivity (Wildman–Crippen MR) is 106 cm³/mol. The fourth-order valence-electron chi connectivity index (χ4n) is 3.06. The molecule has 1 aliphatic carbocycles. The van der Waals surface area contributed by atoms with Gasteiger partial charge in [-0.05, 0) is 26.3 Å². The Kier molecular flexibility index (Phi) is 7.85. The van der Waals surface area contributed by atoms with Crippen molar-refractivity contribution in [3.05, 3.63) is 29.3 Å². The van der Waals surface area contributed by atoms with E-state index in [4.69, 9.17) is 15.2 Å². The quantitative estimate of drug-likeness (QED) is 0.298. The Bertz CT molecular complexity index is 767. The molecule has 1 aliphatic rings. The predicted octanol–water partition coefficient (Wildman–Crippen LogP) is 1.56. The zero-order valence-corrected chi connectivity index (χ0v) is 17.1. The summed E-state index contributed by atoms with van der Waals surface area (Å²) in [5, 5.41) is 9.39. The lowest BCUT2D eigenvalue weighted by Crippen LogP contribution is -2.37. The molecular weight excluding hydrogens is 362 g/mol. The number of anilines is 1. The minimum absolute atomic E-state index is 0.0217. The van der Waals surface area contributed by atoms with Gasteiger partial charge in [0.2, 0.25) is 5.78 Å². The first-order valence-electron chi connectivity index (χ1n) is 9.19. The second-order valence-corrected chi connectivity index (χ2v) is 8.08. The SMILES string of the molecule is CCOC(OCC)[SiH2]CCCN=C1C(=O)c2cccc(N)c2C(=O)C1C#N. The van der Waals surface area contributed by atoms with Gasteiger partial charge in [0.25, 0.3) is 0 Å². The van der Waals surface area contributed by atoms with E-state index in [0.29, 0.717) is 19.8 Å². The number of nitriles is 1. The first-order chi connectivity index (χ1) is 13.0. The number of Topliss-reactive ketones (excluding diaryl/α,β-unsaturated/α-hetero) is 2. The van der Waals surface area contributed by atoms with Crippen LogP contribution < -0.4 is 5.73 Å². The van der Waals surface area contributed by atoms with Crippen molar-refractivity contribution in [1.82, 2.24) is 0 Å². The third kappa shape index (κ3) is 4.89. The number of rotatable bonds is 9. The van der Waals surface area contributed by atoms with E-state index in [1.807, 2.05) is 19.9 Å². The maximum Gasteiger partial charge on any atom is 0.209 e. The first kappa shape index (κ1) is 21.0. The van der Waals surface area contributed by atoms with Crippen LogP contribution >= 0.6 is 0 Å². The van der Waals surface area contributed by atoms with E-state index < -0.39 is 21.2 Å². The summed E-state index contributed by atoms with van der Waals surface area (Å²) >= 11 is 0. The molecule has 27 heavy (non-hydrogen) atoms. The molecule has 1 atom stereocenters. The van der Waals surface area contributed by atoms with Crippen molar-refractivity contribution in [1.29, 1.82) is 5.26 Å². The fourth-order valence-corrected chi connectivity index (χ4v) is 4.71. The lowest BCUT2D eigenvalue weighted by Gasteiger charge is -2.21. The number of hydrogen-bond donors (Lipinski definition) is 1. The van der Waals surface area contributed by atoms with Gasteiger partial charge in [0.05, 0.1) is 21.2 Å². The highest BCUT2D eigenvalue weighted by Gasteiger charge is 2.39. The van der Waals surface area contributed by atoms with Gasteiger partial charge >= 0.3 is 0 Å². The van der Waals surface area contributed by atoms with Crippen molar-refractivity contribution in [2.45, 2.75) is 32.2 Å². The molecule has 0 aromatic heterocycles. The number of nitrogens with two attached hydrogens (primary N) is 1. The standard InChI is InChI=1S/C19H25N3O4Si/c1-3-25-19(26-4-2)27-10-6-9-22-16-13(11-20)17(23)15-12(18(16)24)7-5-8-14(15)21/h5,7-8,13,19H,3-4,6,9-10,21,27H2,1-2H3. The Hall–Kier alpha value is -2.34. The van der Waals surface area contributed by atoms with E-state index in [2.05, 4.69) is 4.99 Å². The molecule has 0 heterocycles. The van der Waals surface area contributed by atoms with Gasteiger partial charge in [-0.25, -0.2) is 0 Å². The molecule has 7 nitrogen and oxygen atoms in total. The molecule has 0 aliphatic heterocycles. The summed E-state index contributed by atoms with van der Waals surface area (Å²) in [5.41, 5.74) is 6.44. The monoisotopic (exact) mass is 387 g/mol. The van der Waals surface area contributed by atoms with Crippen LogP contribution in [0.3, 0.4) is 0 Å². The largest absolute Gasteiger partial charge is 0.398 e. The van der Waals surface area contributed by atoms with Crippen molar-refractivity contribution in [3.63, 3.8) is 0 Å². The number of ketones is 2. The number of benzene rings is 1. The van der Waals surface area contributed by atoms with Gasteiger partial charge in [0.15, 0.2) is 11.7 Å². The molecule has 0 fully saturated rings. The average Bonchev–Trinajstić information content (AvgIpc) is 2.65. The smallest absolute Gasteiger partial charge is 0.209 e. The number of nitrogens with zero attached hydrogens (tertiary/aromatic N) is 2. The number of nitrogen functional groups attached to an aromatic ring is 1. The highest BCUT2D eigenvalue weighted by molar-refractivity contribution is 6.54.